The minimum atomic E-state index is -0.0286. The zero-order valence-electron chi connectivity index (χ0n) is 18.2. The van der Waals surface area contributed by atoms with Crippen molar-refractivity contribution in [3.8, 4) is 0 Å². The highest BCUT2D eigenvalue weighted by Gasteiger charge is 2.18. The Kier molecular flexibility index (Phi) is 7.09. The summed E-state index contributed by atoms with van der Waals surface area (Å²) in [5.74, 6) is 1.14. The minimum absolute atomic E-state index is 0.0286. The van der Waals surface area contributed by atoms with Gasteiger partial charge in [0.05, 0.1) is 30.3 Å². The first-order valence-electron chi connectivity index (χ1n) is 10.7. The molecule has 1 aromatic carbocycles. The fourth-order valence-corrected chi connectivity index (χ4v) is 5.69. The molecule has 8 heteroatoms. The van der Waals surface area contributed by atoms with Gasteiger partial charge in [0.1, 0.15) is 15.7 Å². The lowest BCUT2D eigenvalue weighted by Crippen LogP contribution is -2.36. The summed E-state index contributed by atoms with van der Waals surface area (Å²) in [5.41, 5.74) is 3.10. The monoisotopic (exact) mass is 456 g/mol. The number of anilines is 2. The number of ether oxygens (including phenoxy) is 1. The Hall–Kier alpha value is -2.16. The summed E-state index contributed by atoms with van der Waals surface area (Å²) in [4.78, 5) is 26.9. The Morgan fingerprint density at radius 1 is 1.23 bits per heavy atom. The van der Waals surface area contributed by atoms with Crippen LogP contribution in [0.3, 0.4) is 0 Å². The number of thiophene rings is 1. The molecule has 0 spiro atoms. The Balaban J connectivity index is 1.50. The molecule has 4 rings (SSSR count). The Morgan fingerprint density at radius 3 is 2.77 bits per heavy atom. The summed E-state index contributed by atoms with van der Waals surface area (Å²) < 4.78 is 5.46. The highest BCUT2D eigenvalue weighted by Crippen LogP contribution is 2.35. The van der Waals surface area contributed by atoms with E-state index in [1.807, 2.05) is 18.2 Å². The van der Waals surface area contributed by atoms with E-state index < -0.39 is 0 Å². The van der Waals surface area contributed by atoms with Crippen LogP contribution >= 0.6 is 23.1 Å². The summed E-state index contributed by atoms with van der Waals surface area (Å²) in [6.07, 6.45) is 1.84. The van der Waals surface area contributed by atoms with E-state index in [-0.39, 0.29) is 5.91 Å². The van der Waals surface area contributed by atoms with Crippen LogP contribution in [0.4, 0.5) is 11.4 Å². The number of aryl methyl sites for hydroxylation is 3. The molecule has 1 aliphatic rings. The molecule has 1 N–H and O–H groups in total. The van der Waals surface area contributed by atoms with E-state index in [1.54, 1.807) is 11.3 Å². The van der Waals surface area contributed by atoms with E-state index >= 15 is 0 Å². The van der Waals surface area contributed by atoms with Crippen molar-refractivity contribution in [2.75, 3.05) is 42.3 Å². The van der Waals surface area contributed by atoms with Crippen LogP contribution in [0.25, 0.3) is 10.2 Å². The standard InChI is InChI=1S/C23H28N4O2S2/c1-4-7-19-25-22(21-15(2)16(3)31-23(21)26-19)30-14-20(28)24-17-8-5-6-9-18(17)27-10-12-29-13-11-27/h5-6,8-9H,4,7,10-14H2,1-3H3,(H,24,28). The molecule has 1 fully saturated rings. The number of rotatable bonds is 7. The van der Waals surface area contributed by atoms with Crippen LogP contribution in [0.1, 0.15) is 29.6 Å². The van der Waals surface area contributed by atoms with Gasteiger partial charge in [0.15, 0.2) is 0 Å². The van der Waals surface area contributed by atoms with Crippen molar-refractivity contribution in [1.82, 2.24) is 9.97 Å². The number of hydrogen-bond donors (Lipinski definition) is 1. The minimum Gasteiger partial charge on any atom is -0.378 e. The number of thioether (sulfide) groups is 1. The smallest absolute Gasteiger partial charge is 0.234 e. The van der Waals surface area contributed by atoms with E-state index in [9.17, 15) is 4.79 Å². The highest BCUT2D eigenvalue weighted by molar-refractivity contribution is 8.00. The molecule has 2 aromatic heterocycles. The summed E-state index contributed by atoms with van der Waals surface area (Å²) in [7, 11) is 0. The van der Waals surface area contributed by atoms with E-state index in [0.29, 0.717) is 19.0 Å². The van der Waals surface area contributed by atoms with E-state index in [2.05, 4.69) is 37.1 Å². The molecule has 164 valence electrons. The van der Waals surface area contributed by atoms with E-state index in [0.717, 1.165) is 58.4 Å². The molecule has 1 saturated heterocycles. The molecule has 31 heavy (non-hydrogen) atoms. The third-order valence-electron chi connectivity index (χ3n) is 5.39. The van der Waals surface area contributed by atoms with Gasteiger partial charge < -0.3 is 15.0 Å². The van der Waals surface area contributed by atoms with Gasteiger partial charge in [-0.25, -0.2) is 9.97 Å². The van der Waals surface area contributed by atoms with Gasteiger partial charge in [-0.05, 0) is 38.0 Å². The number of nitrogens with one attached hydrogen (secondary N) is 1. The zero-order chi connectivity index (χ0) is 21.8. The average Bonchev–Trinajstić information content (AvgIpc) is 3.07. The van der Waals surface area contributed by atoms with Crippen LogP contribution in [0, 0.1) is 13.8 Å². The highest BCUT2D eigenvalue weighted by atomic mass is 32.2. The van der Waals surface area contributed by atoms with Crippen molar-refractivity contribution in [3.05, 3.63) is 40.5 Å². The number of carbonyl (C=O) groups is 1. The first kappa shape index (κ1) is 22.0. The van der Waals surface area contributed by atoms with Crippen LogP contribution in [0.5, 0.6) is 0 Å². The quantitative estimate of drug-likeness (QED) is 0.406. The molecular weight excluding hydrogens is 428 g/mol. The lowest BCUT2D eigenvalue weighted by Gasteiger charge is -2.30. The SMILES string of the molecule is CCCc1nc(SCC(=O)Nc2ccccc2N2CCOCC2)c2c(C)c(C)sc2n1. The molecule has 0 unspecified atom stereocenters. The van der Waals surface area contributed by atoms with E-state index in [1.165, 1.54) is 22.2 Å². The summed E-state index contributed by atoms with van der Waals surface area (Å²) in [6.45, 7) is 9.44. The Labute approximate surface area is 191 Å². The lowest BCUT2D eigenvalue weighted by molar-refractivity contribution is -0.113. The molecule has 3 heterocycles. The van der Waals surface area contributed by atoms with Crippen LogP contribution in [-0.2, 0) is 16.0 Å². The molecule has 0 radical (unpaired) electrons. The lowest BCUT2D eigenvalue weighted by atomic mass is 10.2. The first-order valence-corrected chi connectivity index (χ1v) is 12.5. The van der Waals surface area contributed by atoms with Gasteiger partial charge in [0.2, 0.25) is 5.91 Å². The summed E-state index contributed by atoms with van der Waals surface area (Å²) >= 11 is 3.20. The van der Waals surface area contributed by atoms with Crippen LogP contribution in [-0.4, -0.2) is 47.9 Å². The van der Waals surface area contributed by atoms with Crippen molar-refractivity contribution < 1.29 is 9.53 Å². The maximum Gasteiger partial charge on any atom is 0.234 e. The number of amides is 1. The number of morpholine rings is 1. The second-order valence-electron chi connectivity index (χ2n) is 7.61. The third kappa shape index (κ3) is 5.02. The number of carbonyl (C=O) groups excluding carboxylic acids is 1. The predicted molar refractivity (Wildman–Crippen MR) is 130 cm³/mol. The molecular formula is C23H28N4O2S2. The van der Waals surface area contributed by atoms with Crippen molar-refractivity contribution in [2.45, 2.75) is 38.6 Å². The second kappa shape index (κ2) is 9.97. The maximum atomic E-state index is 12.8. The zero-order valence-corrected chi connectivity index (χ0v) is 19.9. The fourth-order valence-electron chi connectivity index (χ4n) is 3.67. The number of hydrogen-bond acceptors (Lipinski definition) is 7. The van der Waals surface area contributed by atoms with Crippen molar-refractivity contribution in [2.24, 2.45) is 0 Å². The van der Waals surface area contributed by atoms with Gasteiger partial charge in [-0.3, -0.25) is 4.79 Å². The molecule has 0 atom stereocenters. The molecule has 0 aliphatic carbocycles. The van der Waals surface area contributed by atoms with Gasteiger partial charge >= 0.3 is 0 Å². The van der Waals surface area contributed by atoms with Crippen LogP contribution in [0.2, 0.25) is 0 Å². The van der Waals surface area contributed by atoms with Crippen LogP contribution < -0.4 is 10.2 Å². The number of para-hydroxylation sites is 2. The summed E-state index contributed by atoms with van der Waals surface area (Å²) in [5, 5.41) is 5.10. The topological polar surface area (TPSA) is 67.4 Å². The van der Waals surface area contributed by atoms with E-state index in [4.69, 9.17) is 14.7 Å². The van der Waals surface area contributed by atoms with Crippen LogP contribution in [0.15, 0.2) is 29.3 Å². The predicted octanol–water partition coefficient (Wildman–Crippen LogP) is 4.83. The molecule has 1 amide bonds. The largest absolute Gasteiger partial charge is 0.378 e. The Morgan fingerprint density at radius 2 is 2.00 bits per heavy atom. The number of nitrogens with zero attached hydrogens (tertiary/aromatic N) is 3. The van der Waals surface area contributed by atoms with Crippen molar-refractivity contribution in [3.63, 3.8) is 0 Å². The average molecular weight is 457 g/mol. The van der Waals surface area contributed by atoms with Gasteiger partial charge in [-0.2, -0.15) is 0 Å². The normalized spacial score (nSPS) is 14.2. The molecule has 1 aliphatic heterocycles. The fraction of sp³-hybridized carbons (Fsp3) is 0.435. The summed E-state index contributed by atoms with van der Waals surface area (Å²) in [6, 6.07) is 7.97. The number of aromatic nitrogens is 2. The third-order valence-corrected chi connectivity index (χ3v) is 7.46. The van der Waals surface area contributed by atoms with Gasteiger partial charge in [0.25, 0.3) is 0 Å². The van der Waals surface area contributed by atoms with Gasteiger partial charge in [-0.1, -0.05) is 30.8 Å². The molecule has 3 aromatic rings. The molecule has 0 saturated carbocycles. The maximum absolute atomic E-state index is 12.8. The first-order chi connectivity index (χ1) is 15.1. The van der Waals surface area contributed by atoms with Crippen molar-refractivity contribution >= 4 is 50.6 Å². The molecule has 6 nitrogen and oxygen atoms in total. The van der Waals surface area contributed by atoms with Gasteiger partial charge in [0, 0.05) is 29.8 Å². The van der Waals surface area contributed by atoms with Gasteiger partial charge in [-0.15, -0.1) is 11.3 Å². The Bertz CT molecular complexity index is 1080. The number of fused-ring (bicyclic) bond motifs is 1. The van der Waals surface area contributed by atoms with Crippen molar-refractivity contribution in [1.29, 1.82) is 0 Å². The molecule has 0 bridgehead atoms. The second-order valence-corrected chi connectivity index (χ2v) is 9.78. The number of benzene rings is 1.